The van der Waals surface area contributed by atoms with Crippen molar-refractivity contribution in [1.29, 1.82) is 0 Å². The average Bonchev–Trinajstić information content (AvgIpc) is 3.30. The van der Waals surface area contributed by atoms with Gasteiger partial charge in [-0.1, -0.05) is 18.2 Å². The van der Waals surface area contributed by atoms with Gasteiger partial charge in [-0.05, 0) is 61.4 Å². The number of hydrogen-bond donors (Lipinski definition) is 3. The van der Waals surface area contributed by atoms with E-state index in [2.05, 4.69) is 10.0 Å². The van der Waals surface area contributed by atoms with Crippen LogP contribution in [0.2, 0.25) is 0 Å². The molecule has 1 heterocycles. The van der Waals surface area contributed by atoms with Crippen LogP contribution in [0.15, 0.2) is 65.6 Å². The number of anilines is 1. The third kappa shape index (κ3) is 6.03. The van der Waals surface area contributed by atoms with Crippen LogP contribution in [0.5, 0.6) is 17.2 Å². The zero-order valence-electron chi connectivity index (χ0n) is 19.3. The topological polar surface area (TPSA) is 123 Å². The van der Waals surface area contributed by atoms with Gasteiger partial charge in [0.1, 0.15) is 18.5 Å². The fourth-order valence-corrected chi connectivity index (χ4v) is 4.84. The third-order valence-corrected chi connectivity index (χ3v) is 6.82. The van der Waals surface area contributed by atoms with Crippen LogP contribution in [0.4, 0.5) is 5.69 Å². The molecule has 0 saturated carbocycles. The zero-order chi connectivity index (χ0) is 25.0. The molecule has 0 bridgehead atoms. The summed E-state index contributed by atoms with van der Waals surface area (Å²) in [5, 5.41) is 12.8. The summed E-state index contributed by atoms with van der Waals surface area (Å²) in [5.41, 5.74) is 1.94. The number of amides is 1. The van der Waals surface area contributed by atoms with Crippen LogP contribution in [0, 0.1) is 13.8 Å². The molecule has 0 aromatic heterocycles. The molecule has 0 radical (unpaired) electrons. The molecule has 1 atom stereocenters. The number of sulfonamides is 1. The second-order valence-corrected chi connectivity index (χ2v) is 9.80. The van der Waals surface area contributed by atoms with Crippen molar-refractivity contribution in [2.75, 3.05) is 24.7 Å². The minimum atomic E-state index is -3.83. The summed E-state index contributed by atoms with van der Waals surface area (Å²) in [7, 11) is -3.83. The highest BCUT2D eigenvalue weighted by Gasteiger charge is 2.18. The van der Waals surface area contributed by atoms with Crippen molar-refractivity contribution in [3.05, 3.63) is 77.4 Å². The summed E-state index contributed by atoms with van der Waals surface area (Å²) >= 11 is 0. The standard InChI is InChI=1S/C25H26N2O7S/c1-16-6-7-17(2)24(10-16)35(30,31)27-19-5-3-4-18(11-19)25(29)26-13-20(28)14-32-21-8-9-22-23(12-21)34-15-33-22/h3-12,20,27-28H,13-15H2,1-2H3,(H,26,29). The van der Waals surface area contributed by atoms with Crippen LogP contribution in [-0.4, -0.2) is 45.5 Å². The zero-order valence-corrected chi connectivity index (χ0v) is 20.1. The number of aliphatic hydroxyl groups is 1. The molecule has 1 aliphatic rings. The van der Waals surface area contributed by atoms with Gasteiger partial charge in [-0.3, -0.25) is 9.52 Å². The molecule has 0 fully saturated rings. The molecule has 1 aliphatic heterocycles. The summed E-state index contributed by atoms with van der Waals surface area (Å²) in [6, 6.07) is 16.4. The number of fused-ring (bicyclic) bond motifs is 1. The van der Waals surface area contributed by atoms with E-state index in [4.69, 9.17) is 14.2 Å². The minimum absolute atomic E-state index is 0.0460. The number of rotatable bonds is 9. The predicted molar refractivity (Wildman–Crippen MR) is 130 cm³/mol. The Kier molecular flexibility index (Phi) is 7.13. The molecule has 9 nitrogen and oxygen atoms in total. The number of benzene rings is 3. The molecule has 4 rings (SSSR count). The first-order valence-electron chi connectivity index (χ1n) is 10.9. The maximum Gasteiger partial charge on any atom is 0.262 e. The van der Waals surface area contributed by atoms with Crippen LogP contribution in [0.1, 0.15) is 21.5 Å². The van der Waals surface area contributed by atoms with Gasteiger partial charge in [0, 0.05) is 23.9 Å². The fourth-order valence-electron chi connectivity index (χ4n) is 3.46. The van der Waals surface area contributed by atoms with E-state index >= 15 is 0 Å². The lowest BCUT2D eigenvalue weighted by Gasteiger charge is -2.14. The van der Waals surface area contributed by atoms with Crippen molar-refractivity contribution in [2.45, 2.75) is 24.8 Å². The van der Waals surface area contributed by atoms with Crippen LogP contribution < -0.4 is 24.2 Å². The number of carbonyl (C=O) groups is 1. The van der Waals surface area contributed by atoms with E-state index in [1.54, 1.807) is 55.5 Å². The largest absolute Gasteiger partial charge is 0.491 e. The second-order valence-electron chi connectivity index (χ2n) is 8.15. The lowest BCUT2D eigenvalue weighted by atomic mass is 10.2. The summed E-state index contributed by atoms with van der Waals surface area (Å²) in [5.74, 6) is 1.24. The first-order valence-corrected chi connectivity index (χ1v) is 12.4. The SMILES string of the molecule is Cc1ccc(C)c(S(=O)(=O)Nc2cccc(C(=O)NCC(O)COc3ccc4c(c3)OCO4)c2)c1. The predicted octanol–water partition coefficient (Wildman–Crippen LogP) is 3.00. The Morgan fingerprint density at radius 2 is 1.86 bits per heavy atom. The van der Waals surface area contributed by atoms with Gasteiger partial charge in [-0.2, -0.15) is 0 Å². The van der Waals surface area contributed by atoms with E-state index in [9.17, 15) is 18.3 Å². The van der Waals surface area contributed by atoms with Gasteiger partial charge in [0.15, 0.2) is 11.5 Å². The summed E-state index contributed by atoms with van der Waals surface area (Å²) in [6.07, 6.45) is -0.963. The van der Waals surface area contributed by atoms with Crippen molar-refractivity contribution < 1.29 is 32.5 Å². The van der Waals surface area contributed by atoms with Gasteiger partial charge in [0.25, 0.3) is 15.9 Å². The second kappa shape index (κ2) is 10.2. The molecule has 3 aromatic carbocycles. The van der Waals surface area contributed by atoms with Gasteiger partial charge in [-0.25, -0.2) is 8.42 Å². The van der Waals surface area contributed by atoms with Crippen LogP contribution in [-0.2, 0) is 10.0 Å². The highest BCUT2D eigenvalue weighted by Crippen LogP contribution is 2.35. The number of hydrogen-bond acceptors (Lipinski definition) is 7. The monoisotopic (exact) mass is 498 g/mol. The number of carbonyl (C=O) groups excluding carboxylic acids is 1. The highest BCUT2D eigenvalue weighted by atomic mass is 32.2. The normalized spacial score (nSPS) is 13.2. The van der Waals surface area contributed by atoms with Crippen LogP contribution in [0.25, 0.3) is 0 Å². The molecule has 1 amide bonds. The maximum absolute atomic E-state index is 12.8. The van der Waals surface area contributed by atoms with E-state index in [1.807, 2.05) is 13.0 Å². The quantitative estimate of drug-likeness (QED) is 0.414. The first kappa shape index (κ1) is 24.4. The first-order chi connectivity index (χ1) is 16.7. The molecule has 0 spiro atoms. The Morgan fingerprint density at radius 1 is 1.06 bits per heavy atom. The molecule has 3 N–H and O–H groups in total. The van der Waals surface area contributed by atoms with Crippen molar-refractivity contribution in [3.63, 3.8) is 0 Å². The Hall–Kier alpha value is -3.76. The van der Waals surface area contributed by atoms with E-state index in [1.165, 1.54) is 6.07 Å². The minimum Gasteiger partial charge on any atom is -0.491 e. The molecule has 0 saturated heterocycles. The molecular formula is C25H26N2O7S. The summed E-state index contributed by atoms with van der Waals surface area (Å²) in [4.78, 5) is 12.7. The van der Waals surface area contributed by atoms with Gasteiger partial charge in [-0.15, -0.1) is 0 Å². The van der Waals surface area contributed by atoms with Crippen molar-refractivity contribution in [3.8, 4) is 17.2 Å². The molecule has 1 unspecified atom stereocenters. The lowest BCUT2D eigenvalue weighted by Crippen LogP contribution is -2.35. The number of aryl methyl sites for hydroxylation is 2. The third-order valence-electron chi connectivity index (χ3n) is 5.29. The summed E-state index contributed by atoms with van der Waals surface area (Å²) in [6.45, 7) is 3.59. The van der Waals surface area contributed by atoms with E-state index in [0.29, 0.717) is 22.8 Å². The van der Waals surface area contributed by atoms with Gasteiger partial charge >= 0.3 is 0 Å². The van der Waals surface area contributed by atoms with E-state index in [-0.39, 0.29) is 36.1 Å². The molecule has 184 valence electrons. The smallest absolute Gasteiger partial charge is 0.262 e. The lowest BCUT2D eigenvalue weighted by molar-refractivity contribution is 0.0843. The molecule has 10 heteroatoms. The molecule has 0 aliphatic carbocycles. The number of nitrogens with one attached hydrogen (secondary N) is 2. The van der Waals surface area contributed by atoms with Crippen molar-refractivity contribution in [1.82, 2.24) is 5.32 Å². The maximum atomic E-state index is 12.8. The fraction of sp³-hybridized carbons (Fsp3) is 0.240. The Bertz CT molecular complexity index is 1340. The number of ether oxygens (including phenoxy) is 3. The van der Waals surface area contributed by atoms with Crippen LogP contribution >= 0.6 is 0 Å². The van der Waals surface area contributed by atoms with E-state index in [0.717, 1.165) is 5.56 Å². The van der Waals surface area contributed by atoms with Crippen molar-refractivity contribution in [2.24, 2.45) is 0 Å². The van der Waals surface area contributed by atoms with Gasteiger partial charge in [0.05, 0.1) is 4.90 Å². The summed E-state index contributed by atoms with van der Waals surface area (Å²) < 4.78 is 44.3. The highest BCUT2D eigenvalue weighted by molar-refractivity contribution is 7.92. The van der Waals surface area contributed by atoms with Crippen LogP contribution in [0.3, 0.4) is 0 Å². The van der Waals surface area contributed by atoms with E-state index < -0.39 is 22.0 Å². The Morgan fingerprint density at radius 3 is 2.69 bits per heavy atom. The molecule has 35 heavy (non-hydrogen) atoms. The Balaban J connectivity index is 1.32. The average molecular weight is 499 g/mol. The van der Waals surface area contributed by atoms with Gasteiger partial charge in [0.2, 0.25) is 6.79 Å². The van der Waals surface area contributed by atoms with Crippen molar-refractivity contribution >= 4 is 21.6 Å². The number of aliphatic hydroxyl groups excluding tert-OH is 1. The van der Waals surface area contributed by atoms with Gasteiger partial charge < -0.3 is 24.6 Å². The Labute approximate surface area is 203 Å². The molecular weight excluding hydrogens is 472 g/mol. The molecule has 3 aromatic rings.